The molecule has 1 aliphatic rings. The molecule has 0 spiro atoms. The van der Waals surface area contributed by atoms with Gasteiger partial charge in [-0.05, 0) is 135 Å². The van der Waals surface area contributed by atoms with E-state index in [2.05, 4.69) is 105 Å². The molecule has 0 bridgehead atoms. The molecule has 1 fully saturated rings. The van der Waals surface area contributed by atoms with Crippen LogP contribution in [0.2, 0.25) is 0 Å². The van der Waals surface area contributed by atoms with Crippen LogP contribution in [0.5, 0.6) is 0 Å². The van der Waals surface area contributed by atoms with Crippen LogP contribution in [0.25, 0.3) is 77.1 Å². The molecule has 0 amide bonds. The number of furan rings is 1. The first-order chi connectivity index (χ1) is 31.2. The van der Waals surface area contributed by atoms with E-state index in [9.17, 15) is 1.37 Å². The molecule has 4 heteroatoms. The van der Waals surface area contributed by atoms with E-state index in [0.29, 0.717) is 40.8 Å². The number of hydrogen-bond donors (Lipinski definition) is 0. The standard InChI is InChI=1S/C41H36NO.C15H16N.Ir/c1-25-20-29(27-16-18-41(3,4)19-17-27)14-15-31(25)35-22-38(42-24-26(35)2)34-11-7-10-33-37-21-30-13-12-28-8-5-6-9-32(28)36(30)23-39(37)43-40(33)34;1-15(2,3)13-9-10-14(16-11-13)12-7-5-4-6-8-12;/h5-10,12-15,20-24,27H,16-19H2,1-4H3;4-7,9-11H,1-3H3;/q2*-1;/i1D3,2D3,27D;;. The van der Waals surface area contributed by atoms with Crippen LogP contribution in [0.4, 0.5) is 0 Å². The van der Waals surface area contributed by atoms with Gasteiger partial charge in [0.15, 0.2) is 0 Å². The third-order valence-corrected chi connectivity index (χ3v) is 12.0. The zero-order valence-corrected chi connectivity index (χ0v) is 37.1. The van der Waals surface area contributed by atoms with Gasteiger partial charge in [-0.15, -0.1) is 54.1 Å². The van der Waals surface area contributed by atoms with Gasteiger partial charge in [-0.3, -0.25) is 0 Å². The van der Waals surface area contributed by atoms with Gasteiger partial charge in [0.25, 0.3) is 0 Å². The second kappa shape index (κ2) is 16.6. The van der Waals surface area contributed by atoms with E-state index in [-0.39, 0.29) is 53.2 Å². The van der Waals surface area contributed by atoms with Crippen molar-refractivity contribution in [3.8, 4) is 33.6 Å². The van der Waals surface area contributed by atoms with Crippen molar-refractivity contribution < 1.29 is 34.1 Å². The fourth-order valence-electron chi connectivity index (χ4n) is 8.31. The van der Waals surface area contributed by atoms with Crippen LogP contribution >= 0.6 is 0 Å². The van der Waals surface area contributed by atoms with Gasteiger partial charge in [-0.2, -0.15) is 0 Å². The average Bonchev–Trinajstić information content (AvgIpc) is 3.66. The Bertz CT molecular complexity index is 3250. The molecule has 0 saturated heterocycles. The molecule has 1 radical (unpaired) electrons. The van der Waals surface area contributed by atoms with Gasteiger partial charge >= 0.3 is 0 Å². The summed E-state index contributed by atoms with van der Waals surface area (Å²) in [6.45, 7) is 5.87. The number of hydrogen-bond acceptors (Lipinski definition) is 3. The van der Waals surface area contributed by atoms with E-state index in [1.54, 1.807) is 30.3 Å². The fourth-order valence-corrected chi connectivity index (χ4v) is 8.31. The Hall–Kier alpha value is -5.41. The van der Waals surface area contributed by atoms with E-state index in [0.717, 1.165) is 56.4 Å². The van der Waals surface area contributed by atoms with Gasteiger partial charge < -0.3 is 14.4 Å². The van der Waals surface area contributed by atoms with Crippen LogP contribution in [0.15, 0.2) is 138 Å². The quantitative estimate of drug-likeness (QED) is 0.130. The minimum atomic E-state index is -2.56. The van der Waals surface area contributed by atoms with Crippen LogP contribution in [-0.4, -0.2) is 9.97 Å². The molecule has 0 unspecified atom stereocenters. The van der Waals surface area contributed by atoms with Crippen molar-refractivity contribution in [3.05, 3.63) is 168 Å². The van der Waals surface area contributed by atoms with E-state index in [1.807, 2.05) is 48.7 Å². The first-order valence-electron chi connectivity index (χ1n) is 24.0. The summed E-state index contributed by atoms with van der Waals surface area (Å²) in [7, 11) is 0. The molecule has 0 N–H and O–H groups in total. The third-order valence-electron chi connectivity index (χ3n) is 12.0. The predicted octanol–water partition coefficient (Wildman–Crippen LogP) is 15.6. The summed E-state index contributed by atoms with van der Waals surface area (Å²) in [4.78, 5) is 9.09. The first kappa shape index (κ1) is 33.3. The van der Waals surface area contributed by atoms with Gasteiger partial charge in [-0.1, -0.05) is 118 Å². The Kier molecular flexibility index (Phi) is 9.20. The number of fused-ring (bicyclic) bond motifs is 6. The molecule has 1 aliphatic carbocycles. The number of pyridine rings is 2. The van der Waals surface area contributed by atoms with Crippen molar-refractivity contribution in [2.75, 3.05) is 0 Å². The largest absolute Gasteiger partial charge is 0.501 e. The van der Waals surface area contributed by atoms with Crippen LogP contribution in [0, 0.1) is 31.3 Å². The molecule has 3 nitrogen and oxygen atoms in total. The monoisotopic (exact) mass is 968 g/mol. The molecular formula is C56H52IrN2O-2. The van der Waals surface area contributed by atoms with Crippen LogP contribution in [0.3, 0.4) is 0 Å². The number of rotatable bonds is 4. The van der Waals surface area contributed by atoms with Crippen LogP contribution in [-0.2, 0) is 25.5 Å². The van der Waals surface area contributed by atoms with Crippen LogP contribution < -0.4 is 0 Å². The topological polar surface area (TPSA) is 38.9 Å². The first-order valence-corrected chi connectivity index (χ1v) is 20.5. The van der Waals surface area contributed by atoms with Crippen molar-refractivity contribution in [2.45, 2.75) is 85.3 Å². The maximum Gasteiger partial charge on any atom is 0.121 e. The van der Waals surface area contributed by atoms with E-state index >= 15 is 0 Å². The maximum atomic E-state index is 9.31. The summed E-state index contributed by atoms with van der Waals surface area (Å²) in [6.07, 6.45) is 6.27. The number of aryl methyl sites for hydroxylation is 2. The van der Waals surface area contributed by atoms with Crippen molar-refractivity contribution in [1.82, 2.24) is 9.97 Å². The summed E-state index contributed by atoms with van der Waals surface area (Å²) in [5.74, 6) is -0.909. The summed E-state index contributed by atoms with van der Waals surface area (Å²) in [6, 6.07) is 45.7. The second-order valence-corrected chi connectivity index (χ2v) is 17.7. The SMILES string of the molecule is CC(C)(C)c1ccc(-c2[c-]cccc2)nc1.[2H]C([2H])([2H])c1cnc(-c2[c-]ccc3c2oc2cc4c(ccc5ccccc54)cc23)cc1-c1ccc(C2([2H])CCC(C)(C)CC2)cc1C([2H])([2H])[2H].[Ir]. The molecule has 0 atom stereocenters. The van der Waals surface area contributed by atoms with Crippen molar-refractivity contribution in [3.63, 3.8) is 0 Å². The smallest absolute Gasteiger partial charge is 0.121 e. The van der Waals surface area contributed by atoms with Crippen molar-refractivity contribution >= 4 is 43.5 Å². The minimum absolute atomic E-state index is 0. The molecule has 303 valence electrons. The molecule has 9 aromatic rings. The third kappa shape index (κ3) is 8.21. The van der Waals surface area contributed by atoms with Gasteiger partial charge in [0, 0.05) is 47.5 Å². The van der Waals surface area contributed by atoms with Gasteiger partial charge in [0.05, 0.1) is 5.58 Å². The Morgan fingerprint density at radius 3 is 2.22 bits per heavy atom. The van der Waals surface area contributed by atoms with E-state index in [4.69, 9.17) is 12.6 Å². The van der Waals surface area contributed by atoms with E-state index in [1.165, 1.54) is 11.8 Å². The van der Waals surface area contributed by atoms with Gasteiger partial charge in [-0.25, -0.2) is 0 Å². The molecule has 3 heterocycles. The molecule has 0 aliphatic heterocycles. The normalized spacial score (nSPS) is 16.9. The molecule has 1 saturated carbocycles. The van der Waals surface area contributed by atoms with Crippen molar-refractivity contribution in [1.29, 1.82) is 0 Å². The number of benzene rings is 6. The number of aromatic nitrogens is 2. The second-order valence-electron chi connectivity index (χ2n) is 17.7. The molecule has 3 aromatic heterocycles. The minimum Gasteiger partial charge on any atom is -0.501 e. The van der Waals surface area contributed by atoms with E-state index < -0.39 is 19.6 Å². The van der Waals surface area contributed by atoms with Gasteiger partial charge in [0.1, 0.15) is 5.58 Å². The maximum absolute atomic E-state index is 9.31. The molecular weight excluding hydrogens is 909 g/mol. The Balaban J connectivity index is 0.000000303. The zero-order valence-electron chi connectivity index (χ0n) is 41.7. The van der Waals surface area contributed by atoms with Gasteiger partial charge in [0.2, 0.25) is 0 Å². The fraction of sp³-hybridized carbons (Fsp3) is 0.250. The van der Waals surface area contributed by atoms with Crippen LogP contribution in [0.1, 0.15) is 98.0 Å². The summed E-state index contributed by atoms with van der Waals surface area (Å²) in [5.41, 5.74) is 6.99. The molecule has 60 heavy (non-hydrogen) atoms. The summed E-state index contributed by atoms with van der Waals surface area (Å²) in [5, 5.41) is 6.24. The molecule has 10 rings (SSSR count). The Morgan fingerprint density at radius 2 is 1.47 bits per heavy atom. The summed E-state index contributed by atoms with van der Waals surface area (Å²) < 4.78 is 66.5. The Morgan fingerprint density at radius 1 is 0.683 bits per heavy atom. The summed E-state index contributed by atoms with van der Waals surface area (Å²) >= 11 is 0. The number of nitrogens with zero attached hydrogens (tertiary/aromatic N) is 2. The Labute approximate surface area is 378 Å². The molecule has 6 aromatic carbocycles. The average molecular weight is 968 g/mol. The predicted molar refractivity (Wildman–Crippen MR) is 248 cm³/mol. The zero-order chi connectivity index (χ0) is 46.8. The van der Waals surface area contributed by atoms with Crippen molar-refractivity contribution in [2.24, 2.45) is 5.41 Å².